The zero-order valence-electron chi connectivity index (χ0n) is 11.3. The number of nitrogens with one attached hydrogen (secondary N) is 1. The number of aryl methyl sites for hydroxylation is 3. The molecule has 1 N–H and O–H groups in total. The maximum absolute atomic E-state index is 13.2. The van der Waals surface area contributed by atoms with Gasteiger partial charge in [-0.25, -0.2) is 4.39 Å². The van der Waals surface area contributed by atoms with Crippen molar-refractivity contribution in [2.75, 3.05) is 0 Å². The Labute approximate surface area is 121 Å². The molecule has 1 amide bonds. The maximum atomic E-state index is 13.2. The van der Waals surface area contributed by atoms with E-state index in [4.69, 9.17) is 0 Å². The van der Waals surface area contributed by atoms with Gasteiger partial charge in [0.05, 0.1) is 6.54 Å². The van der Waals surface area contributed by atoms with Crippen molar-refractivity contribution in [3.63, 3.8) is 0 Å². The van der Waals surface area contributed by atoms with Gasteiger partial charge in [-0.05, 0) is 61.6 Å². The van der Waals surface area contributed by atoms with E-state index in [1.807, 2.05) is 0 Å². The van der Waals surface area contributed by atoms with Crippen LogP contribution in [-0.2, 0) is 19.4 Å². The van der Waals surface area contributed by atoms with Crippen molar-refractivity contribution in [2.45, 2.75) is 32.7 Å². The molecule has 2 nitrogen and oxygen atoms in total. The molecular weight excluding hydrogens is 273 g/mol. The minimum atomic E-state index is -0.281. The minimum Gasteiger partial charge on any atom is -0.347 e. The van der Waals surface area contributed by atoms with Gasteiger partial charge in [0.1, 0.15) is 5.82 Å². The Morgan fingerprint density at radius 1 is 1.35 bits per heavy atom. The SMILES string of the molecule is Cc1cc(C(=O)NCc2cc3c(s2)CCC3)ccc1F. The number of hydrogen-bond acceptors (Lipinski definition) is 2. The standard InChI is InChI=1S/C16H16FNOS/c1-10-7-12(5-6-14(10)17)16(19)18-9-13-8-11-3-2-4-15(11)20-13/h5-8H,2-4,9H2,1H3,(H,18,19). The molecule has 0 atom stereocenters. The number of thiophene rings is 1. The first-order chi connectivity index (χ1) is 9.63. The van der Waals surface area contributed by atoms with Gasteiger partial charge in [-0.3, -0.25) is 4.79 Å². The van der Waals surface area contributed by atoms with Gasteiger partial charge in [-0.15, -0.1) is 11.3 Å². The summed E-state index contributed by atoms with van der Waals surface area (Å²) in [4.78, 5) is 14.7. The Hall–Kier alpha value is -1.68. The van der Waals surface area contributed by atoms with Crippen molar-refractivity contribution in [1.29, 1.82) is 0 Å². The third-order valence-electron chi connectivity index (χ3n) is 3.64. The number of carbonyl (C=O) groups excluding carboxylic acids is 1. The van der Waals surface area contributed by atoms with Gasteiger partial charge in [0, 0.05) is 15.3 Å². The maximum Gasteiger partial charge on any atom is 0.251 e. The summed E-state index contributed by atoms with van der Waals surface area (Å²) in [5.41, 5.74) is 2.44. The number of amides is 1. The van der Waals surface area contributed by atoms with E-state index in [0.29, 0.717) is 17.7 Å². The van der Waals surface area contributed by atoms with Crippen molar-refractivity contribution in [3.8, 4) is 0 Å². The summed E-state index contributed by atoms with van der Waals surface area (Å²) in [6, 6.07) is 6.64. The second-order valence-corrected chi connectivity index (χ2v) is 6.38. The Morgan fingerprint density at radius 2 is 2.20 bits per heavy atom. The Morgan fingerprint density at radius 3 is 2.95 bits per heavy atom. The van der Waals surface area contributed by atoms with Crippen LogP contribution in [0.15, 0.2) is 24.3 Å². The lowest BCUT2D eigenvalue weighted by Gasteiger charge is -2.05. The zero-order chi connectivity index (χ0) is 14.1. The van der Waals surface area contributed by atoms with Crippen LogP contribution >= 0.6 is 11.3 Å². The first-order valence-corrected chi connectivity index (χ1v) is 7.60. The van der Waals surface area contributed by atoms with E-state index in [1.54, 1.807) is 24.3 Å². The van der Waals surface area contributed by atoms with E-state index in [2.05, 4.69) is 11.4 Å². The highest BCUT2D eigenvalue weighted by Gasteiger charge is 2.15. The van der Waals surface area contributed by atoms with E-state index in [1.165, 1.54) is 40.3 Å². The average molecular weight is 289 g/mol. The first-order valence-electron chi connectivity index (χ1n) is 6.78. The molecule has 20 heavy (non-hydrogen) atoms. The van der Waals surface area contributed by atoms with Crippen LogP contribution in [0.1, 0.15) is 37.7 Å². The zero-order valence-corrected chi connectivity index (χ0v) is 12.1. The molecule has 2 aromatic rings. The summed E-state index contributed by atoms with van der Waals surface area (Å²) in [6.07, 6.45) is 3.59. The number of hydrogen-bond donors (Lipinski definition) is 1. The molecule has 0 saturated carbocycles. The lowest BCUT2D eigenvalue weighted by molar-refractivity contribution is 0.0951. The topological polar surface area (TPSA) is 29.1 Å². The number of fused-ring (bicyclic) bond motifs is 1. The van der Waals surface area contributed by atoms with Gasteiger partial charge in [0.25, 0.3) is 5.91 Å². The fraction of sp³-hybridized carbons (Fsp3) is 0.312. The van der Waals surface area contributed by atoms with E-state index >= 15 is 0 Å². The Balaban J connectivity index is 1.65. The molecule has 0 aliphatic heterocycles. The van der Waals surface area contributed by atoms with Crippen molar-refractivity contribution in [3.05, 3.63) is 56.5 Å². The summed E-state index contributed by atoms with van der Waals surface area (Å²) >= 11 is 1.79. The van der Waals surface area contributed by atoms with E-state index in [9.17, 15) is 9.18 Å². The first kappa shape index (κ1) is 13.3. The van der Waals surface area contributed by atoms with E-state index in [-0.39, 0.29) is 11.7 Å². The van der Waals surface area contributed by atoms with Crippen LogP contribution in [0.2, 0.25) is 0 Å². The second kappa shape index (κ2) is 5.37. The molecule has 3 rings (SSSR count). The molecule has 0 spiro atoms. The van der Waals surface area contributed by atoms with Gasteiger partial charge < -0.3 is 5.32 Å². The van der Waals surface area contributed by atoms with Crippen molar-refractivity contribution in [1.82, 2.24) is 5.32 Å². The van der Waals surface area contributed by atoms with Crippen molar-refractivity contribution in [2.24, 2.45) is 0 Å². The smallest absolute Gasteiger partial charge is 0.251 e. The van der Waals surface area contributed by atoms with E-state index < -0.39 is 0 Å². The van der Waals surface area contributed by atoms with Gasteiger partial charge in [-0.2, -0.15) is 0 Å². The molecule has 0 radical (unpaired) electrons. The second-order valence-electron chi connectivity index (χ2n) is 5.16. The molecule has 0 saturated heterocycles. The van der Waals surface area contributed by atoms with Gasteiger partial charge in [0.2, 0.25) is 0 Å². The minimum absolute atomic E-state index is 0.151. The third-order valence-corrected chi connectivity index (χ3v) is 4.88. The molecule has 4 heteroatoms. The molecule has 1 aromatic carbocycles. The fourth-order valence-electron chi connectivity index (χ4n) is 2.53. The summed E-state index contributed by atoms with van der Waals surface area (Å²) in [6.45, 7) is 2.21. The van der Waals surface area contributed by atoms with Crippen LogP contribution in [0.25, 0.3) is 0 Å². The van der Waals surface area contributed by atoms with Crippen LogP contribution < -0.4 is 5.32 Å². The highest BCUT2D eigenvalue weighted by molar-refractivity contribution is 7.12. The largest absolute Gasteiger partial charge is 0.347 e. The van der Waals surface area contributed by atoms with Crippen LogP contribution in [0.3, 0.4) is 0 Å². The summed E-state index contributed by atoms with van der Waals surface area (Å²) in [5.74, 6) is -0.433. The molecule has 0 unspecified atom stereocenters. The molecule has 1 aromatic heterocycles. The summed E-state index contributed by atoms with van der Waals surface area (Å²) in [7, 11) is 0. The summed E-state index contributed by atoms with van der Waals surface area (Å²) in [5, 5.41) is 2.90. The molecule has 1 aliphatic carbocycles. The predicted molar refractivity (Wildman–Crippen MR) is 78.7 cm³/mol. The number of rotatable bonds is 3. The molecular formula is C16H16FNOS. The molecule has 1 heterocycles. The highest BCUT2D eigenvalue weighted by atomic mass is 32.1. The number of benzene rings is 1. The van der Waals surface area contributed by atoms with Crippen LogP contribution in [0.5, 0.6) is 0 Å². The van der Waals surface area contributed by atoms with Crippen molar-refractivity contribution < 1.29 is 9.18 Å². The Bertz CT molecular complexity index is 641. The van der Waals surface area contributed by atoms with E-state index in [0.717, 1.165) is 6.42 Å². The number of halogens is 1. The lowest BCUT2D eigenvalue weighted by Crippen LogP contribution is -2.22. The predicted octanol–water partition coefficient (Wildman–Crippen LogP) is 3.61. The van der Waals surface area contributed by atoms with Crippen LogP contribution in [0.4, 0.5) is 4.39 Å². The molecule has 1 aliphatic rings. The quantitative estimate of drug-likeness (QED) is 0.919. The molecule has 0 fully saturated rings. The normalized spacial score (nSPS) is 13.3. The fourth-order valence-corrected chi connectivity index (χ4v) is 3.73. The monoisotopic (exact) mass is 289 g/mol. The lowest BCUT2D eigenvalue weighted by atomic mass is 10.1. The third kappa shape index (κ3) is 2.61. The molecule has 104 valence electrons. The average Bonchev–Trinajstić information content (AvgIpc) is 3.00. The molecule has 0 bridgehead atoms. The van der Waals surface area contributed by atoms with Crippen LogP contribution in [-0.4, -0.2) is 5.91 Å². The van der Waals surface area contributed by atoms with Gasteiger partial charge >= 0.3 is 0 Å². The van der Waals surface area contributed by atoms with Crippen LogP contribution in [0, 0.1) is 12.7 Å². The number of carbonyl (C=O) groups is 1. The van der Waals surface area contributed by atoms with Crippen molar-refractivity contribution >= 4 is 17.2 Å². The van der Waals surface area contributed by atoms with Gasteiger partial charge in [0.15, 0.2) is 0 Å². The Kier molecular flexibility index (Phi) is 3.57. The highest BCUT2D eigenvalue weighted by Crippen LogP contribution is 2.30. The summed E-state index contributed by atoms with van der Waals surface area (Å²) < 4.78 is 13.2. The van der Waals surface area contributed by atoms with Gasteiger partial charge in [-0.1, -0.05) is 0 Å².